The summed E-state index contributed by atoms with van der Waals surface area (Å²) in [6.45, 7) is 0. The van der Waals surface area contributed by atoms with Gasteiger partial charge in [-0.15, -0.1) is 0 Å². The topological polar surface area (TPSA) is 26.3 Å². The van der Waals surface area contributed by atoms with Crippen molar-refractivity contribution < 1.29 is 13.9 Å². The average molecular weight is 402 g/mol. The first kappa shape index (κ1) is 15.2. The van der Waals surface area contributed by atoms with E-state index >= 15 is 0 Å². The zero-order chi connectivity index (χ0) is 14.7. The zero-order valence-corrected chi connectivity index (χ0v) is 13.8. The Labute approximate surface area is 133 Å². The van der Waals surface area contributed by atoms with Gasteiger partial charge in [0.2, 0.25) is 0 Å². The van der Waals surface area contributed by atoms with Crippen molar-refractivity contribution in [2.24, 2.45) is 0 Å². The van der Waals surface area contributed by atoms with Gasteiger partial charge in [0.05, 0.1) is 7.11 Å². The second kappa shape index (κ2) is 6.50. The number of benzene rings is 2. The number of carbonyl (C=O) groups excluding carboxylic acids is 1. The lowest BCUT2D eigenvalue weighted by Gasteiger charge is -2.07. The van der Waals surface area contributed by atoms with E-state index in [2.05, 4.69) is 31.9 Å². The standard InChI is InChI=1S/C15H11Br2FO2/c1-20-14-4-2-3-9(15(14)18)7-13(19)10-5-11(16)8-12(17)6-10/h2-6,8H,7H2,1H3. The number of halogens is 3. The van der Waals surface area contributed by atoms with Crippen LogP contribution >= 0.6 is 31.9 Å². The minimum atomic E-state index is -0.489. The van der Waals surface area contributed by atoms with E-state index in [9.17, 15) is 9.18 Å². The number of hydrogen-bond acceptors (Lipinski definition) is 2. The highest BCUT2D eigenvalue weighted by Gasteiger charge is 2.14. The Morgan fingerprint density at radius 2 is 1.85 bits per heavy atom. The summed E-state index contributed by atoms with van der Waals surface area (Å²) in [5.74, 6) is -0.498. The van der Waals surface area contributed by atoms with Crippen molar-refractivity contribution in [1.82, 2.24) is 0 Å². The van der Waals surface area contributed by atoms with Crippen LogP contribution in [-0.2, 0) is 6.42 Å². The molecule has 0 N–H and O–H groups in total. The van der Waals surface area contributed by atoms with Crippen molar-refractivity contribution in [1.29, 1.82) is 0 Å². The van der Waals surface area contributed by atoms with Crippen LogP contribution in [0.25, 0.3) is 0 Å². The van der Waals surface area contributed by atoms with Crippen LogP contribution in [0.5, 0.6) is 5.75 Å². The van der Waals surface area contributed by atoms with E-state index in [1.165, 1.54) is 13.2 Å². The molecule has 0 aliphatic rings. The van der Waals surface area contributed by atoms with E-state index in [-0.39, 0.29) is 18.0 Å². The minimum Gasteiger partial charge on any atom is -0.494 e. The highest BCUT2D eigenvalue weighted by atomic mass is 79.9. The fourth-order valence-corrected chi connectivity index (χ4v) is 3.13. The van der Waals surface area contributed by atoms with Crippen LogP contribution in [0.2, 0.25) is 0 Å². The van der Waals surface area contributed by atoms with Gasteiger partial charge in [-0.1, -0.05) is 44.0 Å². The van der Waals surface area contributed by atoms with Crippen LogP contribution in [0.15, 0.2) is 45.3 Å². The first-order valence-electron chi connectivity index (χ1n) is 5.82. The van der Waals surface area contributed by atoms with Gasteiger partial charge in [0.25, 0.3) is 0 Å². The van der Waals surface area contributed by atoms with Gasteiger partial charge in [-0.05, 0) is 29.8 Å². The molecule has 0 radical (unpaired) electrons. The third kappa shape index (κ3) is 3.46. The van der Waals surface area contributed by atoms with Crippen LogP contribution in [0, 0.1) is 5.82 Å². The zero-order valence-electron chi connectivity index (χ0n) is 10.6. The molecule has 20 heavy (non-hydrogen) atoms. The molecule has 0 amide bonds. The predicted octanol–water partition coefficient (Wildman–Crippen LogP) is 4.78. The summed E-state index contributed by atoms with van der Waals surface area (Å²) in [5, 5.41) is 0. The molecule has 0 heterocycles. The molecule has 104 valence electrons. The second-order valence-corrected chi connectivity index (χ2v) is 6.02. The Bertz CT molecular complexity index is 636. The maximum Gasteiger partial charge on any atom is 0.168 e. The van der Waals surface area contributed by atoms with Gasteiger partial charge in [0, 0.05) is 20.9 Å². The quantitative estimate of drug-likeness (QED) is 0.688. The van der Waals surface area contributed by atoms with E-state index in [1.807, 2.05) is 6.07 Å². The molecule has 0 aliphatic heterocycles. The van der Waals surface area contributed by atoms with Gasteiger partial charge in [0.15, 0.2) is 17.3 Å². The van der Waals surface area contributed by atoms with Crippen molar-refractivity contribution in [2.75, 3.05) is 7.11 Å². The Hall–Kier alpha value is -1.20. The molecular weight excluding hydrogens is 391 g/mol. The number of ketones is 1. The smallest absolute Gasteiger partial charge is 0.168 e. The van der Waals surface area contributed by atoms with Crippen LogP contribution in [0.4, 0.5) is 4.39 Å². The lowest BCUT2D eigenvalue weighted by atomic mass is 10.0. The maximum atomic E-state index is 14.0. The van der Waals surface area contributed by atoms with E-state index in [0.29, 0.717) is 11.1 Å². The van der Waals surface area contributed by atoms with E-state index in [4.69, 9.17) is 4.74 Å². The van der Waals surface area contributed by atoms with Gasteiger partial charge in [-0.2, -0.15) is 0 Å². The number of methoxy groups -OCH3 is 1. The molecule has 5 heteroatoms. The molecule has 2 nitrogen and oxygen atoms in total. The van der Waals surface area contributed by atoms with Gasteiger partial charge < -0.3 is 4.74 Å². The summed E-state index contributed by atoms with van der Waals surface area (Å²) in [6, 6.07) is 10.0. The second-order valence-electron chi connectivity index (χ2n) is 4.19. The van der Waals surface area contributed by atoms with Gasteiger partial charge >= 0.3 is 0 Å². The number of ether oxygens (including phenoxy) is 1. The lowest BCUT2D eigenvalue weighted by molar-refractivity contribution is 0.0991. The molecule has 2 aromatic rings. The fourth-order valence-electron chi connectivity index (χ4n) is 1.84. The Morgan fingerprint density at radius 3 is 2.45 bits per heavy atom. The van der Waals surface area contributed by atoms with E-state index in [1.54, 1.807) is 24.3 Å². The number of Topliss-reactive ketones (excluding diaryl/α,β-unsaturated/α-hetero) is 1. The van der Waals surface area contributed by atoms with Crippen molar-refractivity contribution in [2.45, 2.75) is 6.42 Å². The molecule has 0 spiro atoms. The van der Waals surface area contributed by atoms with E-state index < -0.39 is 5.82 Å². The molecule has 0 aromatic heterocycles. The molecule has 0 saturated heterocycles. The number of rotatable bonds is 4. The van der Waals surface area contributed by atoms with Gasteiger partial charge in [-0.25, -0.2) is 4.39 Å². The summed E-state index contributed by atoms with van der Waals surface area (Å²) in [5.41, 5.74) is 0.846. The van der Waals surface area contributed by atoms with Crippen molar-refractivity contribution in [3.63, 3.8) is 0 Å². The highest BCUT2D eigenvalue weighted by molar-refractivity contribution is 9.11. The molecule has 0 fully saturated rings. The third-order valence-electron chi connectivity index (χ3n) is 2.80. The van der Waals surface area contributed by atoms with Crippen LogP contribution in [0.3, 0.4) is 0 Å². The van der Waals surface area contributed by atoms with Gasteiger partial charge in [-0.3, -0.25) is 4.79 Å². The predicted molar refractivity (Wildman–Crippen MR) is 82.8 cm³/mol. The molecule has 0 bridgehead atoms. The lowest BCUT2D eigenvalue weighted by Crippen LogP contribution is -2.06. The monoisotopic (exact) mass is 400 g/mol. The molecular formula is C15H11Br2FO2. The average Bonchev–Trinajstić information content (AvgIpc) is 2.40. The number of hydrogen-bond donors (Lipinski definition) is 0. The fraction of sp³-hybridized carbons (Fsp3) is 0.133. The van der Waals surface area contributed by atoms with Gasteiger partial charge in [0.1, 0.15) is 0 Å². The molecule has 2 aromatic carbocycles. The molecule has 0 saturated carbocycles. The van der Waals surface area contributed by atoms with Crippen LogP contribution in [-0.4, -0.2) is 12.9 Å². The van der Waals surface area contributed by atoms with Crippen LogP contribution < -0.4 is 4.74 Å². The minimum absolute atomic E-state index is 0.00801. The Balaban J connectivity index is 2.28. The first-order valence-corrected chi connectivity index (χ1v) is 7.40. The highest BCUT2D eigenvalue weighted by Crippen LogP contribution is 2.24. The van der Waals surface area contributed by atoms with E-state index in [0.717, 1.165) is 8.95 Å². The maximum absolute atomic E-state index is 14.0. The van der Waals surface area contributed by atoms with Crippen LogP contribution in [0.1, 0.15) is 15.9 Å². The molecule has 0 atom stereocenters. The first-order chi connectivity index (χ1) is 9.51. The number of carbonyl (C=O) groups is 1. The summed E-state index contributed by atoms with van der Waals surface area (Å²) < 4.78 is 20.5. The summed E-state index contributed by atoms with van der Waals surface area (Å²) in [7, 11) is 1.40. The summed E-state index contributed by atoms with van der Waals surface area (Å²) in [6.07, 6.45) is -0.00801. The largest absolute Gasteiger partial charge is 0.494 e. The molecule has 0 unspecified atom stereocenters. The third-order valence-corrected chi connectivity index (χ3v) is 3.71. The summed E-state index contributed by atoms with van der Waals surface area (Å²) in [4.78, 5) is 12.2. The van der Waals surface area contributed by atoms with Crippen molar-refractivity contribution in [3.05, 3.63) is 62.3 Å². The summed E-state index contributed by atoms with van der Waals surface area (Å²) >= 11 is 6.66. The van der Waals surface area contributed by atoms with Crippen molar-refractivity contribution in [3.8, 4) is 5.75 Å². The Morgan fingerprint density at radius 1 is 1.20 bits per heavy atom. The molecule has 2 rings (SSSR count). The Kier molecular flexibility index (Phi) is 4.94. The van der Waals surface area contributed by atoms with Crippen molar-refractivity contribution >= 4 is 37.6 Å². The normalized spacial score (nSPS) is 10.4. The molecule has 0 aliphatic carbocycles. The SMILES string of the molecule is COc1cccc(CC(=O)c2cc(Br)cc(Br)c2)c1F.